The molecule has 0 radical (unpaired) electrons. The van der Waals surface area contributed by atoms with Crippen LogP contribution in [0.25, 0.3) is 27.3 Å². The van der Waals surface area contributed by atoms with E-state index in [-0.39, 0.29) is 5.04 Å². The van der Waals surface area contributed by atoms with Gasteiger partial charge in [-0.15, -0.1) is 0 Å². The van der Waals surface area contributed by atoms with Crippen LogP contribution in [0, 0.1) is 13.8 Å². The molecule has 1 aliphatic heterocycles. The number of benzene rings is 2. The predicted molar refractivity (Wildman–Crippen MR) is 137 cm³/mol. The summed E-state index contributed by atoms with van der Waals surface area (Å²) in [5.74, 6) is 0.481. The average Bonchev–Trinajstić information content (AvgIpc) is 3.00. The Balaban J connectivity index is 2.28. The lowest BCUT2D eigenvalue weighted by atomic mass is 9.93. The van der Waals surface area contributed by atoms with Crippen LogP contribution in [0.5, 0.6) is 0 Å². The molecule has 3 heterocycles. The summed E-state index contributed by atoms with van der Waals surface area (Å²) < 4.78 is 5.33. The molecule has 4 aromatic rings. The molecule has 0 spiro atoms. The molecule has 0 saturated carbocycles. The highest BCUT2D eigenvalue weighted by Gasteiger charge is 2.53. The Hall–Kier alpha value is -2.13. The zero-order chi connectivity index (χ0) is 22.6. The molecular formula is C28H37N2Si+. The topological polar surface area (TPSA) is 9.03 Å². The van der Waals surface area contributed by atoms with Gasteiger partial charge in [-0.2, -0.15) is 4.40 Å². The van der Waals surface area contributed by atoms with Gasteiger partial charge in [0.1, 0.15) is 19.3 Å². The van der Waals surface area contributed by atoms with E-state index < -0.39 is 8.07 Å². The van der Waals surface area contributed by atoms with E-state index in [0.717, 1.165) is 0 Å². The molecule has 0 unspecified atom stereocenters. The number of nitrogens with zero attached hydrogens (tertiary/aromatic N) is 2. The maximum atomic E-state index is 2.69. The van der Waals surface area contributed by atoms with Crippen LogP contribution in [-0.2, 0) is 5.04 Å². The van der Waals surface area contributed by atoms with Crippen molar-refractivity contribution in [1.82, 2.24) is 4.57 Å². The minimum Gasteiger partial charge on any atom is -0.225 e. The van der Waals surface area contributed by atoms with Gasteiger partial charge in [0.15, 0.2) is 5.69 Å². The lowest BCUT2D eigenvalue weighted by Crippen LogP contribution is -2.65. The molecule has 2 nitrogen and oxygen atoms in total. The molecule has 2 aromatic heterocycles. The van der Waals surface area contributed by atoms with Crippen LogP contribution in [-0.4, -0.2) is 12.6 Å². The molecule has 0 fully saturated rings. The van der Waals surface area contributed by atoms with Crippen molar-refractivity contribution < 1.29 is 4.40 Å². The summed E-state index contributed by atoms with van der Waals surface area (Å²) in [6.45, 7) is 24.2. The largest absolute Gasteiger partial charge is 0.295 e. The summed E-state index contributed by atoms with van der Waals surface area (Å²) in [4.78, 5) is 0. The molecule has 0 bridgehead atoms. The summed E-state index contributed by atoms with van der Waals surface area (Å²) in [6, 6.07) is 12.2. The van der Waals surface area contributed by atoms with Gasteiger partial charge in [0, 0.05) is 22.7 Å². The molecule has 5 rings (SSSR count). The number of aromatic nitrogens is 2. The van der Waals surface area contributed by atoms with Crippen molar-refractivity contribution >= 4 is 40.6 Å². The second kappa shape index (κ2) is 6.22. The van der Waals surface area contributed by atoms with E-state index in [1.807, 2.05) is 0 Å². The monoisotopic (exact) mass is 429 g/mol. The second-order valence-corrected chi connectivity index (χ2v) is 16.4. The zero-order valence-corrected chi connectivity index (χ0v) is 21.9. The highest BCUT2D eigenvalue weighted by molar-refractivity contribution is 6.93. The SMILES string of the molecule is Cc1ccc2c3c1c1cccc(C(C)C)c1c1n(C(C)C)c(C)c([n+]31)C(C)(C)[Si]2(C)C. The molecule has 0 saturated heterocycles. The van der Waals surface area contributed by atoms with Crippen LogP contribution in [0.4, 0.5) is 0 Å². The van der Waals surface area contributed by atoms with Crippen molar-refractivity contribution in [1.29, 1.82) is 0 Å². The van der Waals surface area contributed by atoms with Gasteiger partial charge in [0.05, 0.1) is 11.4 Å². The number of pyridine rings is 1. The highest BCUT2D eigenvalue weighted by Crippen LogP contribution is 2.43. The predicted octanol–water partition coefficient (Wildman–Crippen LogP) is 6.60. The Morgan fingerprint density at radius 3 is 2.23 bits per heavy atom. The van der Waals surface area contributed by atoms with Crippen LogP contribution >= 0.6 is 0 Å². The highest BCUT2D eigenvalue weighted by atomic mass is 28.3. The van der Waals surface area contributed by atoms with Crippen LogP contribution in [0.1, 0.15) is 76.0 Å². The van der Waals surface area contributed by atoms with Gasteiger partial charge in [0.25, 0.3) is 5.65 Å². The number of hydrogen-bond donors (Lipinski definition) is 0. The minimum absolute atomic E-state index is 0.149. The first-order chi connectivity index (χ1) is 14.4. The fraction of sp³-hybridized carbons (Fsp3) is 0.464. The van der Waals surface area contributed by atoms with Crippen molar-refractivity contribution in [3.63, 3.8) is 0 Å². The standard InChI is InChI=1S/C28H37N2Si/c1-16(2)20-12-11-13-21-23-18(5)14-15-22-25(23)30-26(28(7,8)31(22,9)10)19(6)29(17(3)4)27(30)24(20)21/h11-17H,1-10H3/q+1. The van der Waals surface area contributed by atoms with Crippen molar-refractivity contribution in [3.8, 4) is 0 Å². The maximum absolute atomic E-state index is 2.69. The van der Waals surface area contributed by atoms with Gasteiger partial charge in [-0.3, -0.25) is 0 Å². The third-order valence-corrected chi connectivity index (χ3v) is 13.6. The van der Waals surface area contributed by atoms with Crippen molar-refractivity contribution in [2.75, 3.05) is 0 Å². The lowest BCUT2D eigenvalue weighted by Gasteiger charge is -2.41. The van der Waals surface area contributed by atoms with Crippen LogP contribution in [0.2, 0.25) is 13.1 Å². The van der Waals surface area contributed by atoms with E-state index in [9.17, 15) is 0 Å². The zero-order valence-electron chi connectivity index (χ0n) is 20.9. The van der Waals surface area contributed by atoms with Crippen molar-refractivity contribution in [2.45, 2.75) is 85.5 Å². The molecular weight excluding hydrogens is 392 g/mol. The maximum Gasteiger partial charge on any atom is 0.295 e. The van der Waals surface area contributed by atoms with Crippen molar-refractivity contribution in [3.05, 3.63) is 52.8 Å². The molecule has 0 amide bonds. The van der Waals surface area contributed by atoms with E-state index in [2.05, 4.69) is 108 Å². The van der Waals surface area contributed by atoms with Gasteiger partial charge < -0.3 is 0 Å². The van der Waals surface area contributed by atoms with Crippen molar-refractivity contribution in [2.24, 2.45) is 0 Å². The summed E-state index contributed by atoms with van der Waals surface area (Å²) in [5, 5.41) is 6.10. The van der Waals surface area contributed by atoms with E-state index in [0.29, 0.717) is 12.0 Å². The summed E-state index contributed by atoms with van der Waals surface area (Å²) in [7, 11) is -1.78. The van der Waals surface area contributed by atoms with Gasteiger partial charge >= 0.3 is 0 Å². The fourth-order valence-electron chi connectivity index (χ4n) is 6.37. The first-order valence-electron chi connectivity index (χ1n) is 11.9. The third-order valence-electron chi connectivity index (χ3n) is 8.53. The lowest BCUT2D eigenvalue weighted by molar-refractivity contribution is -0.493. The summed E-state index contributed by atoms with van der Waals surface area (Å²) in [5.41, 5.74) is 8.72. The number of imidazole rings is 1. The number of fused-ring (bicyclic) bond motifs is 3. The van der Waals surface area contributed by atoms with Gasteiger partial charge in [-0.25, -0.2) is 4.57 Å². The fourth-order valence-corrected chi connectivity index (χ4v) is 9.26. The normalized spacial score (nSPS) is 17.2. The minimum atomic E-state index is -1.78. The van der Waals surface area contributed by atoms with E-state index >= 15 is 0 Å². The Bertz CT molecular complexity index is 1400. The van der Waals surface area contributed by atoms with E-state index in [1.54, 1.807) is 5.19 Å². The first kappa shape index (κ1) is 20.8. The van der Waals surface area contributed by atoms with Crippen LogP contribution in [0.3, 0.4) is 0 Å². The molecule has 3 heteroatoms. The molecule has 0 N–H and O–H groups in total. The molecule has 0 atom stereocenters. The Morgan fingerprint density at radius 1 is 0.935 bits per heavy atom. The van der Waals surface area contributed by atoms with Gasteiger partial charge in [0.2, 0.25) is 0 Å². The van der Waals surface area contributed by atoms with E-state index in [4.69, 9.17) is 0 Å². The van der Waals surface area contributed by atoms with Crippen LogP contribution < -0.4 is 9.59 Å². The number of hydrogen-bond acceptors (Lipinski definition) is 0. The Morgan fingerprint density at radius 2 is 1.61 bits per heavy atom. The summed E-state index contributed by atoms with van der Waals surface area (Å²) >= 11 is 0. The Kier molecular flexibility index (Phi) is 4.16. The molecule has 31 heavy (non-hydrogen) atoms. The second-order valence-electron chi connectivity index (χ2n) is 11.4. The van der Waals surface area contributed by atoms with E-state index in [1.165, 1.54) is 49.8 Å². The van der Waals surface area contributed by atoms with Crippen LogP contribution in [0.15, 0.2) is 30.3 Å². The number of aryl methyl sites for hydroxylation is 1. The quantitative estimate of drug-likeness (QED) is 0.193. The molecule has 0 aliphatic carbocycles. The first-order valence-corrected chi connectivity index (χ1v) is 14.9. The molecule has 162 valence electrons. The average molecular weight is 430 g/mol. The summed E-state index contributed by atoms with van der Waals surface area (Å²) in [6.07, 6.45) is 0. The number of rotatable bonds is 2. The van der Waals surface area contributed by atoms with Gasteiger partial charge in [-0.05, 0) is 43.0 Å². The molecule has 1 aliphatic rings. The molecule has 2 aromatic carbocycles. The Labute approximate surface area is 187 Å². The smallest absolute Gasteiger partial charge is 0.225 e. The van der Waals surface area contributed by atoms with Gasteiger partial charge in [-0.1, -0.05) is 71.1 Å². The third kappa shape index (κ3) is 2.31.